The second-order valence-corrected chi connectivity index (χ2v) is 6.26. The van der Waals surface area contributed by atoms with Crippen LogP contribution in [-0.2, 0) is 30.9 Å². The van der Waals surface area contributed by atoms with Crippen molar-refractivity contribution in [2.45, 2.75) is 45.5 Å². The zero-order valence-electron chi connectivity index (χ0n) is 15.6. The number of aliphatic imine (C=N–C) groups is 1. The van der Waals surface area contributed by atoms with E-state index < -0.39 is 0 Å². The maximum absolute atomic E-state index is 13.3. The SMILES string of the molecule is CCNC(=NCc1cccc(F)c1)NC1CCc2nc(COC)nn2C1.I. The van der Waals surface area contributed by atoms with Crippen molar-refractivity contribution in [3.05, 3.63) is 47.3 Å². The van der Waals surface area contributed by atoms with Gasteiger partial charge in [-0.15, -0.1) is 24.0 Å². The fraction of sp³-hybridized carbons (Fsp3) is 0.500. The molecule has 1 atom stereocenters. The maximum Gasteiger partial charge on any atom is 0.191 e. The number of nitrogens with zero attached hydrogens (tertiary/aromatic N) is 4. The van der Waals surface area contributed by atoms with Crippen LogP contribution in [0.2, 0.25) is 0 Å². The summed E-state index contributed by atoms with van der Waals surface area (Å²) in [6, 6.07) is 6.73. The molecule has 0 amide bonds. The molecule has 1 aliphatic rings. The number of halogens is 2. The fourth-order valence-electron chi connectivity index (χ4n) is 2.99. The van der Waals surface area contributed by atoms with Gasteiger partial charge in [0.25, 0.3) is 0 Å². The Morgan fingerprint density at radius 2 is 2.30 bits per heavy atom. The molecule has 0 saturated heterocycles. The predicted octanol–water partition coefficient (Wildman–Crippen LogP) is 2.25. The Morgan fingerprint density at radius 1 is 1.44 bits per heavy atom. The highest BCUT2D eigenvalue weighted by Crippen LogP contribution is 2.13. The van der Waals surface area contributed by atoms with Gasteiger partial charge in [-0.05, 0) is 31.0 Å². The Balaban J connectivity index is 0.00000261. The number of hydrogen-bond acceptors (Lipinski definition) is 4. The molecule has 1 aromatic heterocycles. The van der Waals surface area contributed by atoms with E-state index in [0.717, 1.165) is 49.1 Å². The maximum atomic E-state index is 13.3. The van der Waals surface area contributed by atoms with E-state index in [2.05, 4.69) is 25.7 Å². The summed E-state index contributed by atoms with van der Waals surface area (Å²) in [4.78, 5) is 9.06. The number of ether oxygens (including phenoxy) is 1. The largest absolute Gasteiger partial charge is 0.377 e. The van der Waals surface area contributed by atoms with Gasteiger partial charge in [0.2, 0.25) is 0 Å². The molecule has 1 unspecified atom stereocenters. The zero-order valence-corrected chi connectivity index (χ0v) is 17.9. The van der Waals surface area contributed by atoms with Gasteiger partial charge in [0.15, 0.2) is 11.8 Å². The summed E-state index contributed by atoms with van der Waals surface area (Å²) in [6.45, 7) is 4.36. The van der Waals surface area contributed by atoms with Gasteiger partial charge in [-0.25, -0.2) is 19.0 Å². The first-order valence-electron chi connectivity index (χ1n) is 8.88. The molecule has 0 spiro atoms. The van der Waals surface area contributed by atoms with Crippen molar-refractivity contribution in [1.82, 2.24) is 25.4 Å². The van der Waals surface area contributed by atoms with Gasteiger partial charge >= 0.3 is 0 Å². The monoisotopic (exact) mass is 488 g/mol. The smallest absolute Gasteiger partial charge is 0.191 e. The van der Waals surface area contributed by atoms with Crippen LogP contribution in [0.5, 0.6) is 0 Å². The first-order valence-corrected chi connectivity index (χ1v) is 8.88. The number of rotatable bonds is 6. The van der Waals surface area contributed by atoms with Crippen LogP contribution in [0.4, 0.5) is 4.39 Å². The third-order valence-corrected chi connectivity index (χ3v) is 4.17. The van der Waals surface area contributed by atoms with Crippen molar-refractivity contribution >= 4 is 29.9 Å². The lowest BCUT2D eigenvalue weighted by Gasteiger charge is -2.25. The number of methoxy groups -OCH3 is 1. The summed E-state index contributed by atoms with van der Waals surface area (Å²) in [5, 5.41) is 11.2. The first kappa shape index (κ1) is 21.5. The van der Waals surface area contributed by atoms with Crippen molar-refractivity contribution in [3.8, 4) is 0 Å². The molecule has 27 heavy (non-hydrogen) atoms. The van der Waals surface area contributed by atoms with Crippen LogP contribution >= 0.6 is 24.0 Å². The minimum atomic E-state index is -0.242. The number of aryl methyl sites for hydroxylation is 1. The molecular weight excluding hydrogens is 462 g/mol. The van der Waals surface area contributed by atoms with E-state index >= 15 is 0 Å². The molecule has 0 aliphatic carbocycles. The molecule has 0 fully saturated rings. The summed E-state index contributed by atoms with van der Waals surface area (Å²) in [6.07, 6.45) is 1.81. The van der Waals surface area contributed by atoms with E-state index in [1.54, 1.807) is 13.2 Å². The van der Waals surface area contributed by atoms with Crippen LogP contribution in [-0.4, -0.2) is 40.4 Å². The summed E-state index contributed by atoms with van der Waals surface area (Å²) < 4.78 is 20.3. The van der Waals surface area contributed by atoms with E-state index in [-0.39, 0.29) is 35.8 Å². The second kappa shape index (κ2) is 10.5. The normalized spacial score (nSPS) is 16.4. The van der Waals surface area contributed by atoms with Gasteiger partial charge in [0, 0.05) is 26.1 Å². The molecule has 2 aromatic rings. The molecular formula is C18H26FIN6O. The minimum Gasteiger partial charge on any atom is -0.377 e. The second-order valence-electron chi connectivity index (χ2n) is 6.26. The fourth-order valence-corrected chi connectivity index (χ4v) is 2.99. The standard InChI is InChI=1S/C18H25FN6O.HI/c1-3-20-18(21-10-13-5-4-6-14(19)9-13)22-15-7-8-17-23-16(12-26-2)24-25(17)11-15;/h4-6,9,15H,3,7-8,10-12H2,1-2H3,(H2,20,21,22);1H. The molecule has 0 saturated carbocycles. The van der Waals surface area contributed by atoms with Crippen LogP contribution in [0, 0.1) is 5.82 Å². The third-order valence-electron chi connectivity index (χ3n) is 4.17. The minimum absolute atomic E-state index is 0. The predicted molar refractivity (Wildman–Crippen MR) is 113 cm³/mol. The van der Waals surface area contributed by atoms with Crippen LogP contribution in [0.15, 0.2) is 29.3 Å². The van der Waals surface area contributed by atoms with E-state index in [1.807, 2.05) is 17.7 Å². The van der Waals surface area contributed by atoms with Crippen molar-refractivity contribution in [2.75, 3.05) is 13.7 Å². The van der Waals surface area contributed by atoms with Crippen molar-refractivity contribution < 1.29 is 9.13 Å². The van der Waals surface area contributed by atoms with Gasteiger partial charge in [-0.1, -0.05) is 12.1 Å². The Labute approximate surface area is 175 Å². The molecule has 9 heteroatoms. The summed E-state index contributed by atoms with van der Waals surface area (Å²) in [5.74, 6) is 2.20. The number of fused-ring (bicyclic) bond motifs is 1. The summed E-state index contributed by atoms with van der Waals surface area (Å²) >= 11 is 0. The van der Waals surface area contributed by atoms with E-state index in [1.165, 1.54) is 12.1 Å². The molecule has 0 radical (unpaired) electrons. The first-order chi connectivity index (χ1) is 12.7. The molecule has 0 bridgehead atoms. The third kappa shape index (κ3) is 6.13. The number of nitrogens with one attached hydrogen (secondary N) is 2. The van der Waals surface area contributed by atoms with Crippen LogP contribution in [0.1, 0.15) is 30.6 Å². The van der Waals surface area contributed by atoms with Gasteiger partial charge in [-0.2, -0.15) is 5.10 Å². The van der Waals surface area contributed by atoms with E-state index in [9.17, 15) is 4.39 Å². The summed E-state index contributed by atoms with van der Waals surface area (Å²) in [5.41, 5.74) is 0.841. The molecule has 1 aliphatic heterocycles. The highest BCUT2D eigenvalue weighted by Gasteiger charge is 2.22. The molecule has 7 nitrogen and oxygen atoms in total. The van der Waals surface area contributed by atoms with Crippen molar-refractivity contribution in [2.24, 2.45) is 4.99 Å². The van der Waals surface area contributed by atoms with Gasteiger partial charge in [0.05, 0.1) is 13.1 Å². The lowest BCUT2D eigenvalue weighted by Crippen LogP contribution is -2.47. The quantitative estimate of drug-likeness (QED) is 0.371. The highest BCUT2D eigenvalue weighted by molar-refractivity contribution is 14.0. The average Bonchev–Trinajstić information content (AvgIpc) is 3.02. The van der Waals surface area contributed by atoms with E-state index in [0.29, 0.717) is 13.2 Å². The Kier molecular flexibility index (Phi) is 8.42. The molecule has 2 heterocycles. The summed E-state index contributed by atoms with van der Waals surface area (Å²) in [7, 11) is 1.64. The number of hydrogen-bond donors (Lipinski definition) is 2. The molecule has 148 valence electrons. The van der Waals surface area contributed by atoms with Gasteiger partial charge in [-0.3, -0.25) is 0 Å². The lowest BCUT2D eigenvalue weighted by atomic mass is 10.1. The van der Waals surface area contributed by atoms with Gasteiger partial charge < -0.3 is 15.4 Å². The zero-order chi connectivity index (χ0) is 18.4. The molecule has 2 N–H and O–H groups in total. The molecule has 3 rings (SSSR count). The van der Waals surface area contributed by atoms with Crippen LogP contribution in [0.25, 0.3) is 0 Å². The van der Waals surface area contributed by atoms with Gasteiger partial charge in [0.1, 0.15) is 18.2 Å². The topological polar surface area (TPSA) is 76.4 Å². The Morgan fingerprint density at radius 3 is 3.04 bits per heavy atom. The van der Waals surface area contributed by atoms with Crippen molar-refractivity contribution in [3.63, 3.8) is 0 Å². The van der Waals surface area contributed by atoms with Crippen LogP contribution < -0.4 is 10.6 Å². The Hall–Kier alpha value is -1.75. The Bertz CT molecular complexity index is 766. The van der Waals surface area contributed by atoms with E-state index in [4.69, 9.17) is 4.74 Å². The van der Waals surface area contributed by atoms with Crippen LogP contribution in [0.3, 0.4) is 0 Å². The number of aromatic nitrogens is 3. The molecule has 1 aromatic carbocycles. The van der Waals surface area contributed by atoms with Crippen molar-refractivity contribution in [1.29, 1.82) is 0 Å². The number of guanidine groups is 1. The lowest BCUT2D eigenvalue weighted by molar-refractivity contribution is 0.177. The highest BCUT2D eigenvalue weighted by atomic mass is 127. The number of benzene rings is 1. The average molecular weight is 488 g/mol.